The van der Waals surface area contributed by atoms with E-state index in [1.807, 2.05) is 60.7 Å². The second kappa shape index (κ2) is 9.57. The van der Waals surface area contributed by atoms with Gasteiger partial charge in [-0.1, -0.05) is 60.7 Å². The second-order valence-corrected chi connectivity index (χ2v) is 8.12. The number of nitrogens with zero attached hydrogens (tertiary/aromatic N) is 2. The number of benzene rings is 2. The lowest BCUT2D eigenvalue weighted by atomic mass is 10.2. The molecule has 0 aliphatic rings. The lowest BCUT2D eigenvalue weighted by Gasteiger charge is -2.07. The largest absolute Gasteiger partial charge is 0.459 e. The third-order valence-corrected chi connectivity index (χ3v) is 6.04. The van der Waals surface area contributed by atoms with Gasteiger partial charge in [0.05, 0.1) is 11.7 Å². The second-order valence-electron chi connectivity index (χ2n) is 7.12. The highest BCUT2D eigenvalue weighted by atomic mass is 32.1. The molecular weight excluding hydrogens is 428 g/mol. The molecule has 2 heterocycles. The van der Waals surface area contributed by atoms with Crippen LogP contribution in [0.4, 0.5) is 0 Å². The average molecular weight is 449 g/mol. The quantitative estimate of drug-likeness (QED) is 0.399. The zero-order valence-corrected chi connectivity index (χ0v) is 18.1. The number of fused-ring (bicyclic) bond motifs is 1. The van der Waals surface area contributed by atoms with E-state index in [0.717, 1.165) is 22.5 Å². The van der Waals surface area contributed by atoms with Crippen molar-refractivity contribution in [2.24, 2.45) is 0 Å². The minimum atomic E-state index is -0.549. The maximum Gasteiger partial charge on any atom is 0.349 e. The Morgan fingerprint density at radius 2 is 1.53 bits per heavy atom. The van der Waals surface area contributed by atoms with Crippen LogP contribution in [-0.2, 0) is 34.0 Å². The smallest absolute Gasteiger partial charge is 0.349 e. The molecule has 2 aromatic carbocycles. The predicted octanol–water partition coefficient (Wildman–Crippen LogP) is 3.87. The van der Waals surface area contributed by atoms with Gasteiger partial charge in [-0.3, -0.25) is 14.2 Å². The molecule has 8 heteroatoms. The molecule has 0 aliphatic carbocycles. The first-order valence-corrected chi connectivity index (χ1v) is 10.7. The molecule has 0 saturated heterocycles. The van der Waals surface area contributed by atoms with Crippen molar-refractivity contribution in [2.75, 3.05) is 0 Å². The summed E-state index contributed by atoms with van der Waals surface area (Å²) < 4.78 is 11.8. The van der Waals surface area contributed by atoms with E-state index in [1.54, 1.807) is 6.92 Å². The summed E-state index contributed by atoms with van der Waals surface area (Å²) in [5.74, 6) is -1.06. The van der Waals surface area contributed by atoms with Crippen LogP contribution >= 0.6 is 11.3 Å². The van der Waals surface area contributed by atoms with Gasteiger partial charge in [0.25, 0.3) is 5.56 Å². The zero-order chi connectivity index (χ0) is 22.5. The summed E-state index contributed by atoms with van der Waals surface area (Å²) >= 11 is 1.10. The molecule has 0 radical (unpaired) electrons. The summed E-state index contributed by atoms with van der Waals surface area (Å²) in [6.07, 6.45) is 1.30. The number of esters is 2. The van der Waals surface area contributed by atoms with Crippen LogP contribution in [0.3, 0.4) is 0 Å². The van der Waals surface area contributed by atoms with Crippen LogP contribution in [-0.4, -0.2) is 21.5 Å². The van der Waals surface area contributed by atoms with Gasteiger partial charge >= 0.3 is 11.9 Å². The van der Waals surface area contributed by atoms with E-state index < -0.39 is 17.5 Å². The van der Waals surface area contributed by atoms with Crippen molar-refractivity contribution in [3.8, 4) is 0 Å². The predicted molar refractivity (Wildman–Crippen MR) is 120 cm³/mol. The van der Waals surface area contributed by atoms with Gasteiger partial charge in [-0.25, -0.2) is 9.78 Å². The molecule has 0 fully saturated rings. The Balaban J connectivity index is 1.48. The summed E-state index contributed by atoms with van der Waals surface area (Å²) in [6.45, 7) is 1.67. The normalized spacial score (nSPS) is 10.8. The van der Waals surface area contributed by atoms with Crippen molar-refractivity contribution < 1.29 is 19.1 Å². The van der Waals surface area contributed by atoms with Gasteiger partial charge in [0.1, 0.15) is 29.5 Å². The lowest BCUT2D eigenvalue weighted by Crippen LogP contribution is -2.25. The lowest BCUT2D eigenvalue weighted by molar-refractivity contribution is -0.145. The summed E-state index contributed by atoms with van der Waals surface area (Å²) in [4.78, 5) is 42.7. The van der Waals surface area contributed by atoms with Crippen molar-refractivity contribution in [1.82, 2.24) is 9.55 Å². The van der Waals surface area contributed by atoms with Gasteiger partial charge in [-0.15, -0.1) is 11.3 Å². The third kappa shape index (κ3) is 4.76. The molecule has 0 spiro atoms. The van der Waals surface area contributed by atoms with Crippen molar-refractivity contribution in [1.29, 1.82) is 0 Å². The molecule has 0 amide bonds. The van der Waals surface area contributed by atoms with Gasteiger partial charge < -0.3 is 9.47 Å². The number of aryl methyl sites for hydroxylation is 1. The van der Waals surface area contributed by atoms with Gasteiger partial charge in [0.15, 0.2) is 0 Å². The Morgan fingerprint density at radius 1 is 0.938 bits per heavy atom. The monoisotopic (exact) mass is 448 g/mol. The first kappa shape index (κ1) is 21.5. The number of rotatable bonds is 7. The van der Waals surface area contributed by atoms with E-state index in [4.69, 9.17) is 9.47 Å². The summed E-state index contributed by atoms with van der Waals surface area (Å²) in [5, 5.41) is 0.306. The number of ether oxygens (including phenoxy) is 2. The number of carbonyl (C=O) groups is 2. The van der Waals surface area contributed by atoms with Crippen molar-refractivity contribution >= 4 is 33.5 Å². The molecule has 32 heavy (non-hydrogen) atoms. The fourth-order valence-electron chi connectivity index (χ4n) is 3.18. The third-order valence-electron chi connectivity index (χ3n) is 4.86. The van der Waals surface area contributed by atoms with Crippen LogP contribution in [0.5, 0.6) is 0 Å². The summed E-state index contributed by atoms with van der Waals surface area (Å²) in [7, 11) is 0. The van der Waals surface area contributed by atoms with E-state index >= 15 is 0 Å². The molecule has 2 aromatic heterocycles. The zero-order valence-electron chi connectivity index (χ0n) is 17.3. The first-order valence-electron chi connectivity index (χ1n) is 9.92. The number of thiophene rings is 1. The molecule has 162 valence electrons. The maximum atomic E-state index is 12.9. The number of hydrogen-bond acceptors (Lipinski definition) is 7. The van der Waals surface area contributed by atoms with Crippen LogP contribution < -0.4 is 5.56 Å². The van der Waals surface area contributed by atoms with Crippen LogP contribution in [0.15, 0.2) is 71.8 Å². The van der Waals surface area contributed by atoms with Crippen LogP contribution in [0.2, 0.25) is 0 Å². The standard InChI is InChI=1S/C24H20N2O5S/c1-16-20-22(32-21(16)24(29)31-14-18-10-6-3-7-11-18)25-15-26(23(20)28)12-19(27)30-13-17-8-4-2-5-9-17/h2-11,15H,12-14H2,1H3. The molecule has 4 rings (SSSR count). The minimum absolute atomic E-state index is 0.124. The van der Waals surface area contributed by atoms with E-state index in [2.05, 4.69) is 4.98 Å². The molecular formula is C24H20N2O5S. The molecule has 0 atom stereocenters. The van der Waals surface area contributed by atoms with E-state index in [-0.39, 0.29) is 19.8 Å². The molecule has 0 bridgehead atoms. The Morgan fingerprint density at radius 3 is 2.16 bits per heavy atom. The van der Waals surface area contributed by atoms with Gasteiger partial charge in [-0.2, -0.15) is 0 Å². The fourth-order valence-corrected chi connectivity index (χ4v) is 4.21. The van der Waals surface area contributed by atoms with E-state index in [9.17, 15) is 14.4 Å². The average Bonchev–Trinajstić information content (AvgIpc) is 3.16. The molecule has 0 N–H and O–H groups in total. The highest BCUT2D eigenvalue weighted by Crippen LogP contribution is 2.27. The maximum absolute atomic E-state index is 12.9. The van der Waals surface area contributed by atoms with Crippen molar-refractivity contribution in [3.63, 3.8) is 0 Å². The van der Waals surface area contributed by atoms with Crippen LogP contribution in [0.1, 0.15) is 26.4 Å². The molecule has 7 nitrogen and oxygen atoms in total. The highest BCUT2D eigenvalue weighted by molar-refractivity contribution is 7.20. The number of carbonyl (C=O) groups excluding carboxylic acids is 2. The highest BCUT2D eigenvalue weighted by Gasteiger charge is 2.21. The van der Waals surface area contributed by atoms with Crippen LogP contribution in [0, 0.1) is 6.92 Å². The topological polar surface area (TPSA) is 87.5 Å². The summed E-state index contributed by atoms with van der Waals surface area (Å²) in [6, 6.07) is 18.6. The Bertz CT molecular complexity index is 1310. The van der Waals surface area contributed by atoms with Gasteiger partial charge in [0, 0.05) is 0 Å². The Hall–Kier alpha value is -3.78. The van der Waals surface area contributed by atoms with Gasteiger partial charge in [0.2, 0.25) is 0 Å². The fraction of sp³-hybridized carbons (Fsp3) is 0.167. The molecule has 0 saturated carbocycles. The first-order chi connectivity index (χ1) is 15.5. The van der Waals surface area contributed by atoms with Gasteiger partial charge in [-0.05, 0) is 23.6 Å². The van der Waals surface area contributed by atoms with E-state index in [1.165, 1.54) is 10.9 Å². The SMILES string of the molecule is Cc1c(C(=O)OCc2ccccc2)sc2ncn(CC(=O)OCc3ccccc3)c(=O)c12. The Labute approximate surface area is 187 Å². The van der Waals surface area contributed by atoms with Crippen molar-refractivity contribution in [2.45, 2.75) is 26.7 Å². The van der Waals surface area contributed by atoms with Crippen molar-refractivity contribution in [3.05, 3.63) is 98.9 Å². The minimum Gasteiger partial charge on any atom is -0.459 e. The molecule has 4 aromatic rings. The molecule has 0 unspecified atom stereocenters. The number of hydrogen-bond donors (Lipinski definition) is 0. The van der Waals surface area contributed by atoms with E-state index in [0.29, 0.717) is 20.7 Å². The Kier molecular flexibility index (Phi) is 6.42. The summed E-state index contributed by atoms with van der Waals surface area (Å²) in [5.41, 5.74) is 1.82. The molecule has 0 aliphatic heterocycles. The van der Waals surface area contributed by atoms with Crippen LogP contribution in [0.25, 0.3) is 10.2 Å². The number of aromatic nitrogens is 2.